The second kappa shape index (κ2) is 11.4. The molecule has 2 aromatic carbocycles. The third-order valence-electron chi connectivity index (χ3n) is 8.42. The Hall–Kier alpha value is -2.62. The molecule has 2 aromatic rings. The van der Waals surface area contributed by atoms with E-state index in [-0.39, 0.29) is 23.9 Å². The van der Waals surface area contributed by atoms with Crippen LogP contribution >= 0.6 is 0 Å². The van der Waals surface area contributed by atoms with Gasteiger partial charge >= 0.3 is 0 Å². The van der Waals surface area contributed by atoms with Gasteiger partial charge in [0.1, 0.15) is 0 Å². The van der Waals surface area contributed by atoms with Crippen LogP contribution in [0.3, 0.4) is 0 Å². The van der Waals surface area contributed by atoms with Crippen LogP contribution in [0.25, 0.3) is 0 Å². The van der Waals surface area contributed by atoms with Crippen molar-refractivity contribution < 1.29 is 9.59 Å². The molecular weight excluding hydrogens is 432 g/mol. The third-order valence-corrected chi connectivity index (χ3v) is 8.42. The minimum atomic E-state index is 0.0591. The molecule has 0 saturated heterocycles. The van der Waals surface area contributed by atoms with Gasteiger partial charge in [0, 0.05) is 23.2 Å². The summed E-state index contributed by atoms with van der Waals surface area (Å²) in [6.07, 6.45) is 8.20. The number of nitrogens with one attached hydrogen (secondary N) is 2. The van der Waals surface area contributed by atoms with Crippen molar-refractivity contribution in [3.05, 3.63) is 70.8 Å². The fraction of sp³-hybridized carbons (Fsp3) is 0.548. The first-order valence-corrected chi connectivity index (χ1v) is 13.5. The molecule has 2 aliphatic carbocycles. The molecule has 0 aromatic heterocycles. The maximum Gasteiger partial charge on any atom is 0.251 e. The third kappa shape index (κ3) is 6.74. The Morgan fingerprint density at radius 1 is 0.714 bits per heavy atom. The molecule has 2 amide bonds. The highest BCUT2D eigenvalue weighted by Gasteiger charge is 2.33. The first kappa shape index (κ1) is 25.5. The molecule has 2 saturated carbocycles. The topological polar surface area (TPSA) is 58.2 Å². The summed E-state index contributed by atoms with van der Waals surface area (Å²) in [6.45, 7) is 8.65. The monoisotopic (exact) mass is 474 g/mol. The Morgan fingerprint density at radius 3 is 1.51 bits per heavy atom. The summed E-state index contributed by atoms with van der Waals surface area (Å²) in [7, 11) is 0. The lowest BCUT2D eigenvalue weighted by Gasteiger charge is -2.39. The highest BCUT2D eigenvalue weighted by atomic mass is 16.2. The maximum absolute atomic E-state index is 12.7. The largest absolute Gasteiger partial charge is 0.349 e. The van der Waals surface area contributed by atoms with E-state index in [2.05, 4.69) is 24.5 Å². The molecule has 4 nitrogen and oxygen atoms in total. The van der Waals surface area contributed by atoms with Crippen molar-refractivity contribution >= 4 is 11.8 Å². The molecule has 0 spiro atoms. The molecule has 4 rings (SSSR count). The summed E-state index contributed by atoms with van der Waals surface area (Å²) in [5.74, 6) is 2.61. The first-order chi connectivity index (χ1) is 16.8. The van der Waals surface area contributed by atoms with E-state index in [0.717, 1.165) is 46.9 Å². The summed E-state index contributed by atoms with van der Waals surface area (Å²) in [4.78, 5) is 25.4. The summed E-state index contributed by atoms with van der Waals surface area (Å²) >= 11 is 0. The molecule has 35 heavy (non-hydrogen) atoms. The van der Waals surface area contributed by atoms with Crippen LogP contribution in [0, 0.1) is 37.5 Å². The number of hydrogen-bond acceptors (Lipinski definition) is 2. The minimum Gasteiger partial charge on any atom is -0.349 e. The Kier molecular flexibility index (Phi) is 8.30. The average molecular weight is 475 g/mol. The van der Waals surface area contributed by atoms with Crippen molar-refractivity contribution in [1.82, 2.24) is 10.6 Å². The van der Waals surface area contributed by atoms with E-state index < -0.39 is 0 Å². The molecule has 2 N–H and O–H groups in total. The van der Waals surface area contributed by atoms with Crippen LogP contribution < -0.4 is 10.6 Å². The van der Waals surface area contributed by atoms with Crippen molar-refractivity contribution in [2.24, 2.45) is 23.7 Å². The van der Waals surface area contributed by atoms with E-state index in [1.165, 1.54) is 32.1 Å². The molecule has 2 aliphatic rings. The minimum absolute atomic E-state index is 0.0591. The zero-order valence-electron chi connectivity index (χ0n) is 21.8. The Labute approximate surface area is 211 Å². The molecular formula is C31H42N2O2. The van der Waals surface area contributed by atoms with Crippen LogP contribution in [-0.4, -0.2) is 23.9 Å². The second-order valence-electron chi connectivity index (χ2n) is 11.4. The lowest BCUT2D eigenvalue weighted by Crippen LogP contribution is -2.44. The Bertz CT molecular complexity index is 951. The van der Waals surface area contributed by atoms with E-state index in [9.17, 15) is 9.59 Å². The van der Waals surface area contributed by atoms with Gasteiger partial charge in [-0.05, 0) is 107 Å². The second-order valence-corrected chi connectivity index (χ2v) is 11.4. The lowest BCUT2D eigenvalue weighted by molar-refractivity contribution is 0.0869. The molecule has 188 valence electrons. The highest BCUT2D eigenvalue weighted by Crippen LogP contribution is 2.39. The van der Waals surface area contributed by atoms with E-state index in [1.54, 1.807) is 0 Å². The number of aryl methyl sites for hydroxylation is 2. The predicted octanol–water partition coefficient (Wildman–Crippen LogP) is 6.46. The van der Waals surface area contributed by atoms with Crippen molar-refractivity contribution in [2.45, 2.75) is 84.7 Å². The van der Waals surface area contributed by atoms with Crippen molar-refractivity contribution in [3.8, 4) is 0 Å². The van der Waals surface area contributed by atoms with Crippen LogP contribution in [0.2, 0.25) is 0 Å². The van der Waals surface area contributed by atoms with Crippen molar-refractivity contribution in [3.63, 3.8) is 0 Å². The van der Waals surface area contributed by atoms with Gasteiger partial charge in [-0.25, -0.2) is 0 Å². The molecule has 4 heteroatoms. The van der Waals surface area contributed by atoms with Gasteiger partial charge in [-0.15, -0.1) is 0 Å². The Morgan fingerprint density at radius 2 is 1.14 bits per heavy atom. The fourth-order valence-electron chi connectivity index (χ4n) is 6.42. The zero-order chi connectivity index (χ0) is 24.9. The zero-order valence-corrected chi connectivity index (χ0v) is 21.8. The van der Waals surface area contributed by atoms with Gasteiger partial charge < -0.3 is 10.6 Å². The van der Waals surface area contributed by atoms with E-state index in [0.29, 0.717) is 11.8 Å². The van der Waals surface area contributed by atoms with E-state index in [1.807, 2.05) is 62.4 Å². The van der Waals surface area contributed by atoms with Crippen molar-refractivity contribution in [2.75, 3.05) is 0 Å². The highest BCUT2D eigenvalue weighted by molar-refractivity contribution is 5.95. The fourth-order valence-corrected chi connectivity index (χ4v) is 6.42. The van der Waals surface area contributed by atoms with Gasteiger partial charge in [0.25, 0.3) is 11.8 Å². The molecule has 0 bridgehead atoms. The smallest absolute Gasteiger partial charge is 0.251 e. The lowest BCUT2D eigenvalue weighted by atomic mass is 9.70. The van der Waals surface area contributed by atoms with Crippen LogP contribution in [-0.2, 0) is 0 Å². The van der Waals surface area contributed by atoms with Gasteiger partial charge in [0.2, 0.25) is 0 Å². The van der Waals surface area contributed by atoms with Crippen LogP contribution in [0.4, 0.5) is 0 Å². The Balaban J connectivity index is 1.22. The molecule has 0 aliphatic heterocycles. The van der Waals surface area contributed by atoms with Crippen LogP contribution in [0.15, 0.2) is 48.5 Å². The molecule has 0 radical (unpaired) electrons. The number of rotatable bonds is 6. The van der Waals surface area contributed by atoms with Gasteiger partial charge in [0.15, 0.2) is 0 Å². The molecule has 2 fully saturated rings. The number of hydrogen-bond donors (Lipinski definition) is 2. The summed E-state index contributed by atoms with van der Waals surface area (Å²) < 4.78 is 0. The molecule has 6 atom stereocenters. The standard InChI is InChI=1S/C31H42N2O2/c1-20-7-5-9-26(15-20)30(34)32-28-13-11-24(17-22(28)3)19-25-12-14-29(23(4)18-25)33-31(35)27-10-6-8-21(2)16-27/h5-10,15-16,22-25,28-29H,11-14,17-19H2,1-4H3,(H,32,34)(H,33,35)/t22-,23?,24-,25?,28?,29?/m1/s1. The van der Waals surface area contributed by atoms with Crippen LogP contribution in [0.1, 0.15) is 90.6 Å². The molecule has 4 unspecified atom stereocenters. The first-order valence-electron chi connectivity index (χ1n) is 13.5. The van der Waals surface area contributed by atoms with Gasteiger partial charge in [-0.1, -0.05) is 49.2 Å². The van der Waals surface area contributed by atoms with Gasteiger partial charge in [0.05, 0.1) is 0 Å². The summed E-state index contributed by atoms with van der Waals surface area (Å²) in [5.41, 5.74) is 3.76. The van der Waals surface area contributed by atoms with Crippen molar-refractivity contribution in [1.29, 1.82) is 0 Å². The van der Waals surface area contributed by atoms with E-state index in [4.69, 9.17) is 0 Å². The quantitative estimate of drug-likeness (QED) is 0.504. The number of carbonyl (C=O) groups excluding carboxylic acids is 2. The van der Waals surface area contributed by atoms with Crippen LogP contribution in [0.5, 0.6) is 0 Å². The normalized spacial score (nSPS) is 28.8. The summed E-state index contributed by atoms with van der Waals surface area (Å²) in [6, 6.07) is 16.2. The SMILES string of the molecule is Cc1cccc(C(=O)NC2CCC(C[C@@H]3CCC(NC(=O)c4cccc(C)c4)[C@H](C)C3)CC2C)c1. The number of carbonyl (C=O) groups is 2. The maximum atomic E-state index is 12.7. The predicted molar refractivity (Wildman–Crippen MR) is 142 cm³/mol. The summed E-state index contributed by atoms with van der Waals surface area (Å²) in [5, 5.41) is 6.61. The molecule has 0 heterocycles. The van der Waals surface area contributed by atoms with Gasteiger partial charge in [-0.2, -0.15) is 0 Å². The average Bonchev–Trinajstić information content (AvgIpc) is 2.82. The number of benzene rings is 2. The van der Waals surface area contributed by atoms with Gasteiger partial charge in [-0.3, -0.25) is 9.59 Å². The van der Waals surface area contributed by atoms with E-state index >= 15 is 0 Å². The number of amides is 2.